The number of hydrogen-bond acceptors (Lipinski definition) is 4. The van der Waals surface area contributed by atoms with Gasteiger partial charge in [0.25, 0.3) is 5.91 Å². The molecule has 0 aromatic heterocycles. The molecular formula is C17H19ClN2O4S. The Morgan fingerprint density at radius 2 is 1.92 bits per heavy atom. The number of carbonyl (C=O) groups excluding carboxylic acids is 1. The van der Waals surface area contributed by atoms with E-state index in [4.69, 9.17) is 16.3 Å². The molecule has 1 amide bonds. The third kappa shape index (κ3) is 4.64. The Labute approximate surface area is 152 Å². The molecule has 2 rings (SSSR count). The first-order valence-corrected chi connectivity index (χ1v) is 9.73. The van der Waals surface area contributed by atoms with Crippen LogP contribution in [0.4, 0.5) is 11.4 Å². The summed E-state index contributed by atoms with van der Waals surface area (Å²) in [5.41, 5.74) is 1.14. The third-order valence-electron chi connectivity index (χ3n) is 3.49. The molecule has 0 atom stereocenters. The van der Waals surface area contributed by atoms with Gasteiger partial charge in [0.2, 0.25) is 10.0 Å². The van der Waals surface area contributed by atoms with Crippen molar-refractivity contribution in [3.8, 4) is 5.75 Å². The van der Waals surface area contributed by atoms with Gasteiger partial charge in [-0.15, -0.1) is 0 Å². The van der Waals surface area contributed by atoms with Gasteiger partial charge in [0.05, 0.1) is 34.8 Å². The molecule has 2 aromatic rings. The molecule has 1 N–H and O–H groups in total. The minimum Gasteiger partial charge on any atom is -0.492 e. The predicted molar refractivity (Wildman–Crippen MR) is 100 cm³/mol. The maximum Gasteiger partial charge on any atom is 0.257 e. The minimum absolute atomic E-state index is 0.152. The summed E-state index contributed by atoms with van der Waals surface area (Å²) in [6.07, 6.45) is 1.09. The molecule has 0 aliphatic rings. The van der Waals surface area contributed by atoms with Crippen molar-refractivity contribution in [2.24, 2.45) is 0 Å². The lowest BCUT2D eigenvalue weighted by molar-refractivity contribution is 0.102. The fourth-order valence-corrected chi connectivity index (χ4v) is 2.87. The van der Waals surface area contributed by atoms with E-state index in [9.17, 15) is 13.2 Å². The molecule has 25 heavy (non-hydrogen) atoms. The van der Waals surface area contributed by atoms with E-state index in [1.807, 2.05) is 13.0 Å². The van der Waals surface area contributed by atoms with E-state index in [2.05, 4.69) is 5.32 Å². The highest BCUT2D eigenvalue weighted by molar-refractivity contribution is 7.92. The maximum absolute atomic E-state index is 12.5. The topological polar surface area (TPSA) is 75.7 Å². The Kier molecular flexibility index (Phi) is 5.92. The number of carbonyl (C=O) groups is 1. The SMILES string of the molecule is CCOc1ccccc1NC(=O)c1ccc(N(C)S(C)(=O)=O)cc1Cl. The lowest BCUT2D eigenvalue weighted by atomic mass is 10.2. The van der Waals surface area contributed by atoms with Gasteiger partial charge in [-0.2, -0.15) is 0 Å². The molecule has 0 aliphatic carbocycles. The molecule has 0 bridgehead atoms. The number of rotatable bonds is 6. The number of hydrogen-bond donors (Lipinski definition) is 1. The molecule has 134 valence electrons. The highest BCUT2D eigenvalue weighted by atomic mass is 35.5. The van der Waals surface area contributed by atoms with E-state index in [0.717, 1.165) is 10.6 Å². The molecule has 0 heterocycles. The smallest absolute Gasteiger partial charge is 0.257 e. The Balaban J connectivity index is 2.26. The fourth-order valence-electron chi connectivity index (χ4n) is 2.12. The van der Waals surface area contributed by atoms with Gasteiger partial charge in [0.15, 0.2) is 0 Å². The molecule has 2 aromatic carbocycles. The van der Waals surface area contributed by atoms with E-state index in [1.165, 1.54) is 25.2 Å². The van der Waals surface area contributed by atoms with Gasteiger partial charge >= 0.3 is 0 Å². The Morgan fingerprint density at radius 3 is 2.52 bits per heavy atom. The van der Waals surface area contributed by atoms with Crippen molar-refractivity contribution in [1.29, 1.82) is 0 Å². The normalized spacial score (nSPS) is 11.0. The number of benzene rings is 2. The fraction of sp³-hybridized carbons (Fsp3) is 0.235. The van der Waals surface area contributed by atoms with E-state index >= 15 is 0 Å². The van der Waals surface area contributed by atoms with Crippen molar-refractivity contribution < 1.29 is 17.9 Å². The average molecular weight is 383 g/mol. The summed E-state index contributed by atoms with van der Waals surface area (Å²) >= 11 is 6.17. The number of halogens is 1. The van der Waals surface area contributed by atoms with E-state index in [1.54, 1.807) is 18.2 Å². The lowest BCUT2D eigenvalue weighted by Crippen LogP contribution is -2.25. The standard InChI is InChI=1S/C17H19ClN2O4S/c1-4-24-16-8-6-5-7-15(16)19-17(21)13-10-9-12(11-14(13)18)20(2)25(3,22)23/h5-11H,4H2,1-3H3,(H,19,21). The van der Waals surface area contributed by atoms with Gasteiger partial charge < -0.3 is 10.1 Å². The summed E-state index contributed by atoms with van der Waals surface area (Å²) in [5, 5.41) is 2.90. The molecule has 0 aliphatic heterocycles. The van der Waals surface area contributed by atoms with Crippen molar-refractivity contribution >= 4 is 38.9 Å². The Morgan fingerprint density at radius 1 is 1.24 bits per heavy atom. The van der Waals surface area contributed by atoms with Crippen LogP contribution in [0, 0.1) is 0 Å². The zero-order valence-electron chi connectivity index (χ0n) is 14.1. The van der Waals surface area contributed by atoms with E-state index in [-0.39, 0.29) is 10.6 Å². The molecule has 0 fully saturated rings. The highest BCUT2D eigenvalue weighted by Gasteiger charge is 2.17. The summed E-state index contributed by atoms with van der Waals surface area (Å²) in [4.78, 5) is 12.5. The van der Waals surface area contributed by atoms with Crippen molar-refractivity contribution in [3.63, 3.8) is 0 Å². The number of para-hydroxylation sites is 2. The number of nitrogens with one attached hydrogen (secondary N) is 1. The number of amides is 1. The van der Waals surface area contributed by atoms with Crippen LogP contribution in [0.2, 0.25) is 5.02 Å². The number of anilines is 2. The summed E-state index contributed by atoms with van der Waals surface area (Å²) in [7, 11) is -1.99. The second-order valence-corrected chi connectivity index (χ2v) is 7.70. The zero-order valence-corrected chi connectivity index (χ0v) is 15.7. The summed E-state index contributed by atoms with van der Waals surface area (Å²) in [6.45, 7) is 2.33. The van der Waals surface area contributed by atoms with Crippen LogP contribution in [-0.2, 0) is 10.0 Å². The van der Waals surface area contributed by atoms with Crippen molar-refractivity contribution in [1.82, 2.24) is 0 Å². The summed E-state index contributed by atoms with van der Waals surface area (Å²) in [5.74, 6) is 0.147. The van der Waals surface area contributed by atoms with Gasteiger partial charge in [-0.05, 0) is 37.3 Å². The van der Waals surface area contributed by atoms with Gasteiger partial charge in [-0.25, -0.2) is 8.42 Å². The molecule has 0 radical (unpaired) electrons. The summed E-state index contributed by atoms with van der Waals surface area (Å²) < 4.78 is 29.7. The third-order valence-corrected chi connectivity index (χ3v) is 5.01. The lowest BCUT2D eigenvalue weighted by Gasteiger charge is -2.17. The van der Waals surface area contributed by atoms with Crippen LogP contribution in [0.25, 0.3) is 0 Å². The number of nitrogens with zero attached hydrogens (tertiary/aromatic N) is 1. The van der Waals surface area contributed by atoms with Gasteiger partial charge in [0, 0.05) is 7.05 Å². The van der Waals surface area contributed by atoms with E-state index in [0.29, 0.717) is 23.7 Å². The minimum atomic E-state index is -3.41. The van der Waals surface area contributed by atoms with Crippen LogP contribution >= 0.6 is 11.6 Å². The van der Waals surface area contributed by atoms with Crippen LogP contribution in [0.5, 0.6) is 5.75 Å². The molecule has 0 unspecified atom stereocenters. The molecule has 0 spiro atoms. The second kappa shape index (κ2) is 7.76. The maximum atomic E-state index is 12.5. The van der Waals surface area contributed by atoms with Crippen LogP contribution in [-0.4, -0.2) is 34.2 Å². The van der Waals surface area contributed by atoms with Gasteiger partial charge in [-0.1, -0.05) is 23.7 Å². The molecular weight excluding hydrogens is 364 g/mol. The summed E-state index contributed by atoms with van der Waals surface area (Å²) in [6, 6.07) is 11.5. The van der Waals surface area contributed by atoms with Crippen LogP contribution in [0.15, 0.2) is 42.5 Å². The average Bonchev–Trinajstić information content (AvgIpc) is 2.55. The second-order valence-electron chi connectivity index (χ2n) is 5.28. The number of ether oxygens (including phenoxy) is 1. The monoisotopic (exact) mass is 382 g/mol. The molecule has 0 saturated heterocycles. The quantitative estimate of drug-likeness (QED) is 0.830. The highest BCUT2D eigenvalue weighted by Crippen LogP contribution is 2.28. The van der Waals surface area contributed by atoms with Crippen LogP contribution in [0.3, 0.4) is 0 Å². The zero-order chi connectivity index (χ0) is 18.6. The first-order chi connectivity index (χ1) is 11.7. The van der Waals surface area contributed by atoms with Crippen molar-refractivity contribution in [2.75, 3.05) is 29.5 Å². The van der Waals surface area contributed by atoms with Gasteiger partial charge in [0.1, 0.15) is 5.75 Å². The Hall–Kier alpha value is -2.25. The Bertz CT molecular complexity index is 884. The first-order valence-electron chi connectivity index (χ1n) is 7.50. The molecule has 8 heteroatoms. The number of sulfonamides is 1. The van der Waals surface area contributed by atoms with Crippen LogP contribution < -0.4 is 14.4 Å². The molecule has 0 saturated carbocycles. The van der Waals surface area contributed by atoms with Gasteiger partial charge in [-0.3, -0.25) is 9.10 Å². The molecule has 6 nitrogen and oxygen atoms in total. The predicted octanol–water partition coefficient (Wildman–Crippen LogP) is 3.39. The van der Waals surface area contributed by atoms with E-state index < -0.39 is 15.9 Å². The first kappa shape index (κ1) is 19.1. The van der Waals surface area contributed by atoms with Crippen molar-refractivity contribution in [2.45, 2.75) is 6.92 Å². The largest absolute Gasteiger partial charge is 0.492 e. The van der Waals surface area contributed by atoms with Crippen molar-refractivity contribution in [3.05, 3.63) is 53.1 Å². The van der Waals surface area contributed by atoms with Crippen LogP contribution in [0.1, 0.15) is 17.3 Å².